The van der Waals surface area contributed by atoms with Crippen molar-refractivity contribution in [3.05, 3.63) is 71.9 Å². The molecular formula is C19H19FN4O. The van der Waals surface area contributed by atoms with Crippen molar-refractivity contribution in [2.45, 2.75) is 19.4 Å². The van der Waals surface area contributed by atoms with Crippen LogP contribution >= 0.6 is 0 Å². The van der Waals surface area contributed by atoms with Crippen LogP contribution in [0, 0.1) is 5.82 Å². The average Bonchev–Trinajstić information content (AvgIpc) is 3.00. The molecule has 1 amide bonds. The van der Waals surface area contributed by atoms with Gasteiger partial charge in [0.1, 0.15) is 5.82 Å². The van der Waals surface area contributed by atoms with E-state index in [0.717, 1.165) is 22.5 Å². The Bertz CT molecular complexity index is 844. The number of rotatable bonds is 6. The summed E-state index contributed by atoms with van der Waals surface area (Å²) in [6, 6.07) is 11.8. The number of aryl methyl sites for hydroxylation is 2. The van der Waals surface area contributed by atoms with Gasteiger partial charge in [-0.15, -0.1) is 0 Å². The molecule has 0 unspecified atom stereocenters. The van der Waals surface area contributed by atoms with E-state index in [1.807, 2.05) is 31.4 Å². The topological polar surface area (TPSA) is 59.8 Å². The molecule has 0 atom stereocenters. The molecule has 0 aliphatic carbocycles. The molecule has 0 saturated carbocycles. The molecule has 0 bridgehead atoms. The van der Waals surface area contributed by atoms with Crippen molar-refractivity contribution < 1.29 is 9.18 Å². The first-order valence-corrected chi connectivity index (χ1v) is 8.07. The van der Waals surface area contributed by atoms with Crippen LogP contribution in [0.3, 0.4) is 0 Å². The fourth-order valence-electron chi connectivity index (χ4n) is 2.60. The van der Waals surface area contributed by atoms with Crippen molar-refractivity contribution in [2.75, 3.05) is 0 Å². The van der Waals surface area contributed by atoms with E-state index >= 15 is 0 Å². The Labute approximate surface area is 145 Å². The molecule has 0 radical (unpaired) electrons. The number of hydrogen-bond acceptors (Lipinski definition) is 3. The quantitative estimate of drug-likeness (QED) is 0.752. The number of halogens is 1. The molecule has 25 heavy (non-hydrogen) atoms. The second-order valence-electron chi connectivity index (χ2n) is 5.78. The lowest BCUT2D eigenvalue weighted by Crippen LogP contribution is -2.23. The van der Waals surface area contributed by atoms with E-state index < -0.39 is 0 Å². The number of carbonyl (C=O) groups excluding carboxylic acids is 1. The number of aromatic nitrogens is 3. The second kappa shape index (κ2) is 7.70. The Kier molecular flexibility index (Phi) is 5.18. The Morgan fingerprint density at radius 1 is 1.20 bits per heavy atom. The van der Waals surface area contributed by atoms with Crippen LogP contribution in [0.15, 0.2) is 54.9 Å². The molecule has 6 heteroatoms. The second-order valence-corrected chi connectivity index (χ2v) is 5.78. The number of nitrogens with zero attached hydrogens (tertiary/aromatic N) is 3. The van der Waals surface area contributed by atoms with E-state index in [0.29, 0.717) is 19.4 Å². The molecule has 0 saturated heterocycles. The van der Waals surface area contributed by atoms with Crippen molar-refractivity contribution in [1.29, 1.82) is 0 Å². The summed E-state index contributed by atoms with van der Waals surface area (Å²) in [4.78, 5) is 16.2. The summed E-state index contributed by atoms with van der Waals surface area (Å²) in [7, 11) is 1.83. The highest BCUT2D eigenvalue weighted by Gasteiger charge is 2.12. The minimum Gasteiger partial charge on any atom is -0.350 e. The molecule has 2 aromatic heterocycles. The van der Waals surface area contributed by atoms with Crippen LogP contribution in [0.1, 0.15) is 17.7 Å². The van der Waals surface area contributed by atoms with Crippen LogP contribution in [-0.2, 0) is 24.8 Å². The minimum absolute atomic E-state index is 0.0421. The summed E-state index contributed by atoms with van der Waals surface area (Å²) in [6.45, 7) is 0.414. The van der Waals surface area contributed by atoms with Gasteiger partial charge in [0.05, 0.1) is 17.9 Å². The van der Waals surface area contributed by atoms with Crippen molar-refractivity contribution in [3.8, 4) is 11.3 Å². The van der Waals surface area contributed by atoms with Crippen molar-refractivity contribution >= 4 is 5.91 Å². The maximum Gasteiger partial charge on any atom is 0.220 e. The first-order valence-electron chi connectivity index (χ1n) is 8.07. The van der Waals surface area contributed by atoms with Crippen LogP contribution in [0.4, 0.5) is 4.39 Å². The molecule has 128 valence electrons. The van der Waals surface area contributed by atoms with E-state index in [1.165, 1.54) is 12.1 Å². The highest BCUT2D eigenvalue weighted by Crippen LogP contribution is 2.23. The predicted molar refractivity (Wildman–Crippen MR) is 93.0 cm³/mol. The summed E-state index contributed by atoms with van der Waals surface area (Å²) >= 11 is 0. The maximum atomic E-state index is 13.1. The molecule has 0 aliphatic heterocycles. The SMILES string of the molecule is Cn1cc(CCC(=O)NCc2ccccn2)c(-c2ccc(F)cc2)n1. The van der Waals surface area contributed by atoms with Gasteiger partial charge in [-0.25, -0.2) is 4.39 Å². The lowest BCUT2D eigenvalue weighted by molar-refractivity contribution is -0.121. The molecular weight excluding hydrogens is 319 g/mol. The summed E-state index contributed by atoms with van der Waals surface area (Å²) in [5.41, 5.74) is 3.40. The van der Waals surface area contributed by atoms with E-state index in [4.69, 9.17) is 0 Å². The van der Waals surface area contributed by atoms with Gasteiger partial charge in [0.15, 0.2) is 0 Å². The third-order valence-corrected chi connectivity index (χ3v) is 3.84. The van der Waals surface area contributed by atoms with Crippen LogP contribution in [0.5, 0.6) is 0 Å². The van der Waals surface area contributed by atoms with Gasteiger partial charge in [0.2, 0.25) is 5.91 Å². The molecule has 5 nitrogen and oxygen atoms in total. The smallest absolute Gasteiger partial charge is 0.220 e. The monoisotopic (exact) mass is 338 g/mol. The van der Waals surface area contributed by atoms with E-state index in [2.05, 4.69) is 15.4 Å². The van der Waals surface area contributed by atoms with Crippen LogP contribution in [0.25, 0.3) is 11.3 Å². The summed E-state index contributed by atoms with van der Waals surface area (Å²) in [5, 5.41) is 7.30. The molecule has 1 N–H and O–H groups in total. The zero-order valence-electron chi connectivity index (χ0n) is 13.9. The Morgan fingerprint density at radius 2 is 2.00 bits per heavy atom. The van der Waals surface area contributed by atoms with Gasteiger partial charge in [-0.2, -0.15) is 5.10 Å². The first-order chi connectivity index (χ1) is 12.1. The number of nitrogens with one attached hydrogen (secondary N) is 1. The lowest BCUT2D eigenvalue weighted by Gasteiger charge is -2.05. The molecule has 3 aromatic rings. The van der Waals surface area contributed by atoms with Gasteiger partial charge < -0.3 is 5.32 Å². The summed E-state index contributed by atoms with van der Waals surface area (Å²) in [5.74, 6) is -0.324. The molecule has 0 fully saturated rings. The maximum absolute atomic E-state index is 13.1. The van der Waals surface area contributed by atoms with Crippen molar-refractivity contribution in [2.24, 2.45) is 7.05 Å². The van der Waals surface area contributed by atoms with Gasteiger partial charge in [0, 0.05) is 31.4 Å². The van der Waals surface area contributed by atoms with Gasteiger partial charge >= 0.3 is 0 Å². The Morgan fingerprint density at radius 3 is 2.72 bits per heavy atom. The van der Waals surface area contributed by atoms with Gasteiger partial charge in [-0.05, 0) is 48.4 Å². The number of amides is 1. The lowest BCUT2D eigenvalue weighted by atomic mass is 10.0. The van der Waals surface area contributed by atoms with E-state index in [-0.39, 0.29) is 11.7 Å². The highest BCUT2D eigenvalue weighted by molar-refractivity contribution is 5.76. The molecule has 3 rings (SSSR count). The Hall–Kier alpha value is -3.02. The van der Waals surface area contributed by atoms with Crippen molar-refractivity contribution in [3.63, 3.8) is 0 Å². The van der Waals surface area contributed by atoms with Crippen LogP contribution < -0.4 is 5.32 Å². The zero-order chi connectivity index (χ0) is 17.6. The number of pyridine rings is 1. The largest absolute Gasteiger partial charge is 0.350 e. The fourth-order valence-corrected chi connectivity index (χ4v) is 2.60. The van der Waals surface area contributed by atoms with Crippen molar-refractivity contribution in [1.82, 2.24) is 20.1 Å². The average molecular weight is 338 g/mol. The van der Waals surface area contributed by atoms with E-state index in [1.54, 1.807) is 23.0 Å². The molecule has 0 spiro atoms. The zero-order valence-corrected chi connectivity index (χ0v) is 13.9. The highest BCUT2D eigenvalue weighted by atomic mass is 19.1. The third kappa shape index (κ3) is 4.50. The first kappa shape index (κ1) is 16.8. The van der Waals surface area contributed by atoms with Crippen LogP contribution in [0.2, 0.25) is 0 Å². The van der Waals surface area contributed by atoms with Crippen LogP contribution in [-0.4, -0.2) is 20.7 Å². The Balaban J connectivity index is 1.61. The van der Waals surface area contributed by atoms with Gasteiger partial charge in [0.25, 0.3) is 0 Å². The third-order valence-electron chi connectivity index (χ3n) is 3.84. The van der Waals surface area contributed by atoms with E-state index in [9.17, 15) is 9.18 Å². The fraction of sp³-hybridized carbons (Fsp3) is 0.211. The minimum atomic E-state index is -0.282. The number of hydrogen-bond donors (Lipinski definition) is 1. The van der Waals surface area contributed by atoms with Gasteiger partial charge in [-0.3, -0.25) is 14.5 Å². The number of benzene rings is 1. The summed E-state index contributed by atoms with van der Waals surface area (Å²) < 4.78 is 14.8. The standard InChI is InChI=1S/C19H19FN4O/c1-24-13-15(19(23-24)14-5-8-16(20)9-6-14)7-10-18(25)22-12-17-4-2-3-11-21-17/h2-6,8-9,11,13H,7,10,12H2,1H3,(H,22,25). The summed E-state index contributed by atoms with van der Waals surface area (Å²) in [6.07, 6.45) is 4.51. The molecule has 0 aliphatic rings. The molecule has 1 aromatic carbocycles. The molecule has 2 heterocycles. The normalized spacial score (nSPS) is 10.6. The van der Waals surface area contributed by atoms with Gasteiger partial charge in [-0.1, -0.05) is 6.07 Å². The number of carbonyl (C=O) groups is 1. The predicted octanol–water partition coefficient (Wildman–Crippen LogP) is 2.87.